The Morgan fingerprint density at radius 2 is 1.94 bits per heavy atom. The third-order valence-electron chi connectivity index (χ3n) is 5.47. The predicted octanol–water partition coefficient (Wildman–Crippen LogP) is 6.29. The molecule has 32 heavy (non-hydrogen) atoms. The minimum absolute atomic E-state index is 0.124. The van der Waals surface area contributed by atoms with Crippen LogP contribution in [0.4, 0.5) is 17.6 Å². The molecule has 1 atom stereocenters. The highest BCUT2D eigenvalue weighted by molar-refractivity contribution is 7.12. The van der Waals surface area contributed by atoms with Crippen LogP contribution in [0.2, 0.25) is 5.15 Å². The van der Waals surface area contributed by atoms with Crippen LogP contribution in [0.1, 0.15) is 46.7 Å². The molecule has 10 heteroatoms. The Bertz CT molecular complexity index is 1110. The highest BCUT2D eigenvalue weighted by Gasteiger charge is 2.32. The SMILES string of the molecule is Cc1nc(Cl)cc(Cc2nc(-c3cc(F)cc(C(F)(F)F)c3)c(CN3CCC[C@H]3C)s2)n1. The molecule has 0 unspecified atom stereocenters. The van der Waals surface area contributed by atoms with Crippen LogP contribution < -0.4 is 0 Å². The number of nitrogens with zero attached hydrogens (tertiary/aromatic N) is 4. The minimum Gasteiger partial charge on any atom is -0.296 e. The maximum absolute atomic E-state index is 14.1. The second-order valence-corrected chi connectivity index (χ2v) is 9.53. The van der Waals surface area contributed by atoms with Crippen molar-refractivity contribution in [1.29, 1.82) is 0 Å². The van der Waals surface area contributed by atoms with E-state index < -0.39 is 17.6 Å². The Morgan fingerprint density at radius 1 is 1.16 bits per heavy atom. The molecule has 1 saturated heterocycles. The first kappa shape index (κ1) is 23.1. The quantitative estimate of drug-likeness (QED) is 0.315. The number of hydrogen-bond acceptors (Lipinski definition) is 5. The Balaban J connectivity index is 1.75. The van der Waals surface area contributed by atoms with Crippen LogP contribution in [0, 0.1) is 12.7 Å². The van der Waals surface area contributed by atoms with Gasteiger partial charge in [0.05, 0.1) is 22.0 Å². The van der Waals surface area contributed by atoms with Crippen LogP contribution in [-0.4, -0.2) is 32.4 Å². The molecule has 0 saturated carbocycles. The molecule has 0 spiro atoms. The van der Waals surface area contributed by atoms with Crippen molar-refractivity contribution in [2.24, 2.45) is 0 Å². The number of hydrogen-bond donors (Lipinski definition) is 0. The summed E-state index contributed by atoms with van der Waals surface area (Å²) in [5, 5.41) is 0.990. The molecule has 2 aromatic heterocycles. The van der Waals surface area contributed by atoms with Crippen LogP contribution in [0.3, 0.4) is 0 Å². The van der Waals surface area contributed by atoms with E-state index in [9.17, 15) is 17.6 Å². The lowest BCUT2D eigenvalue weighted by Gasteiger charge is -2.20. The van der Waals surface area contributed by atoms with Gasteiger partial charge in [0.25, 0.3) is 0 Å². The molecule has 4 rings (SSSR count). The molecule has 1 fully saturated rings. The molecule has 3 aromatic rings. The van der Waals surface area contributed by atoms with Crippen molar-refractivity contribution in [3.63, 3.8) is 0 Å². The third kappa shape index (κ3) is 5.27. The Hall–Kier alpha value is -2.10. The van der Waals surface area contributed by atoms with E-state index in [4.69, 9.17) is 11.6 Å². The van der Waals surface area contributed by atoms with Crippen molar-refractivity contribution < 1.29 is 17.6 Å². The second kappa shape index (κ2) is 9.03. The van der Waals surface area contributed by atoms with E-state index in [1.165, 1.54) is 11.3 Å². The summed E-state index contributed by atoms with van der Waals surface area (Å²) in [7, 11) is 0. The van der Waals surface area contributed by atoms with Crippen molar-refractivity contribution >= 4 is 22.9 Å². The fraction of sp³-hybridized carbons (Fsp3) is 0.409. The van der Waals surface area contributed by atoms with E-state index in [0.29, 0.717) is 52.4 Å². The van der Waals surface area contributed by atoms with Gasteiger partial charge < -0.3 is 0 Å². The maximum atomic E-state index is 14.1. The van der Waals surface area contributed by atoms with Gasteiger partial charge in [0.1, 0.15) is 16.8 Å². The lowest BCUT2D eigenvalue weighted by atomic mass is 10.1. The van der Waals surface area contributed by atoms with E-state index in [-0.39, 0.29) is 5.56 Å². The van der Waals surface area contributed by atoms with Gasteiger partial charge in [-0.25, -0.2) is 19.3 Å². The number of likely N-dealkylation sites (tertiary alicyclic amines) is 1. The maximum Gasteiger partial charge on any atom is 0.416 e. The van der Waals surface area contributed by atoms with Crippen LogP contribution >= 0.6 is 22.9 Å². The fourth-order valence-corrected chi connectivity index (χ4v) is 5.33. The van der Waals surface area contributed by atoms with Gasteiger partial charge >= 0.3 is 6.18 Å². The molecule has 170 valence electrons. The normalized spacial score (nSPS) is 17.3. The molecule has 0 amide bonds. The van der Waals surface area contributed by atoms with E-state index >= 15 is 0 Å². The Kier molecular flexibility index (Phi) is 6.51. The Morgan fingerprint density at radius 3 is 2.59 bits per heavy atom. The van der Waals surface area contributed by atoms with E-state index in [1.807, 2.05) is 0 Å². The van der Waals surface area contributed by atoms with Crippen LogP contribution in [0.25, 0.3) is 11.3 Å². The molecule has 0 N–H and O–H groups in total. The predicted molar refractivity (Wildman–Crippen MR) is 116 cm³/mol. The average Bonchev–Trinajstić information content (AvgIpc) is 3.26. The van der Waals surface area contributed by atoms with E-state index in [1.54, 1.807) is 13.0 Å². The minimum atomic E-state index is -4.64. The zero-order valence-electron chi connectivity index (χ0n) is 17.5. The number of aryl methyl sites for hydroxylation is 1. The highest BCUT2D eigenvalue weighted by Crippen LogP contribution is 2.37. The van der Waals surface area contributed by atoms with Gasteiger partial charge in [-0.05, 0) is 57.5 Å². The zero-order valence-corrected chi connectivity index (χ0v) is 19.1. The zero-order chi connectivity index (χ0) is 23.0. The number of alkyl halides is 3. The van der Waals surface area contributed by atoms with Crippen LogP contribution in [0.15, 0.2) is 24.3 Å². The van der Waals surface area contributed by atoms with Gasteiger partial charge in [0, 0.05) is 29.4 Å². The lowest BCUT2D eigenvalue weighted by molar-refractivity contribution is -0.137. The molecule has 0 aliphatic carbocycles. The summed E-state index contributed by atoms with van der Waals surface area (Å²) in [6.45, 7) is 5.32. The first-order valence-corrected chi connectivity index (χ1v) is 11.4. The van der Waals surface area contributed by atoms with Gasteiger partial charge in [-0.15, -0.1) is 11.3 Å². The van der Waals surface area contributed by atoms with Gasteiger partial charge in [-0.2, -0.15) is 13.2 Å². The Labute approximate surface area is 192 Å². The van der Waals surface area contributed by atoms with Crippen molar-refractivity contribution in [2.45, 2.75) is 51.9 Å². The van der Waals surface area contributed by atoms with Gasteiger partial charge in [0.2, 0.25) is 0 Å². The summed E-state index contributed by atoms with van der Waals surface area (Å²) in [6.07, 6.45) is -2.15. The van der Waals surface area contributed by atoms with E-state index in [2.05, 4.69) is 26.8 Å². The fourth-order valence-electron chi connectivity index (χ4n) is 3.95. The molecular weight excluding hydrogens is 464 g/mol. The van der Waals surface area contributed by atoms with Crippen LogP contribution in [-0.2, 0) is 19.1 Å². The van der Waals surface area contributed by atoms with Gasteiger partial charge in [0.15, 0.2) is 0 Å². The molecule has 1 aliphatic rings. The smallest absolute Gasteiger partial charge is 0.296 e. The molecule has 0 radical (unpaired) electrons. The van der Waals surface area contributed by atoms with Crippen molar-refractivity contribution in [3.05, 3.63) is 62.2 Å². The van der Waals surface area contributed by atoms with Gasteiger partial charge in [-0.3, -0.25) is 4.90 Å². The standard InChI is InChI=1S/C22H21ClF4N4S/c1-12-4-3-5-31(12)11-18-21(14-6-15(22(25,26)27)8-16(24)7-14)30-20(32-18)10-17-9-19(23)29-13(2)28-17/h6-9,12H,3-5,10-11H2,1-2H3/t12-/m1/s1. The second-order valence-electron chi connectivity index (χ2n) is 7.97. The summed E-state index contributed by atoms with van der Waals surface area (Å²) in [5.41, 5.74) is 0.143. The van der Waals surface area contributed by atoms with Crippen molar-refractivity contribution in [2.75, 3.05) is 6.54 Å². The first-order valence-electron chi connectivity index (χ1n) is 10.2. The summed E-state index contributed by atoms with van der Waals surface area (Å²) >= 11 is 7.44. The molecule has 1 aliphatic heterocycles. The largest absolute Gasteiger partial charge is 0.416 e. The summed E-state index contributed by atoms with van der Waals surface area (Å²) in [4.78, 5) is 16.1. The molecule has 0 bridgehead atoms. The summed E-state index contributed by atoms with van der Waals surface area (Å²) < 4.78 is 54.0. The third-order valence-corrected chi connectivity index (χ3v) is 6.70. The number of thiazole rings is 1. The number of benzene rings is 1. The average molecular weight is 485 g/mol. The highest BCUT2D eigenvalue weighted by atomic mass is 35.5. The number of halogens is 5. The molecule has 1 aromatic carbocycles. The summed E-state index contributed by atoms with van der Waals surface area (Å²) in [6, 6.07) is 4.59. The topological polar surface area (TPSA) is 41.9 Å². The van der Waals surface area contributed by atoms with E-state index in [0.717, 1.165) is 36.4 Å². The van der Waals surface area contributed by atoms with Gasteiger partial charge in [-0.1, -0.05) is 11.6 Å². The summed E-state index contributed by atoms with van der Waals surface area (Å²) in [5.74, 6) is -0.418. The van der Waals surface area contributed by atoms with Crippen molar-refractivity contribution in [3.8, 4) is 11.3 Å². The molecule has 3 heterocycles. The number of aromatic nitrogens is 3. The lowest BCUT2D eigenvalue weighted by Crippen LogP contribution is -2.25. The first-order chi connectivity index (χ1) is 15.1. The molecular formula is C22H21ClF4N4S. The van der Waals surface area contributed by atoms with Crippen LogP contribution in [0.5, 0.6) is 0 Å². The number of rotatable bonds is 5. The van der Waals surface area contributed by atoms with Crippen molar-refractivity contribution in [1.82, 2.24) is 19.9 Å². The monoisotopic (exact) mass is 484 g/mol. The molecule has 4 nitrogen and oxygen atoms in total.